The van der Waals surface area contributed by atoms with Gasteiger partial charge in [0.25, 0.3) is 8.16 Å². The summed E-state index contributed by atoms with van der Waals surface area (Å²) in [4.78, 5) is 0. The monoisotopic (exact) mass is 364 g/mol. The van der Waals surface area contributed by atoms with Crippen LogP contribution in [0.25, 0.3) is 0 Å². The summed E-state index contributed by atoms with van der Waals surface area (Å²) in [7, 11) is 0. The van der Waals surface area contributed by atoms with Crippen LogP contribution in [0.3, 0.4) is 0 Å². The predicted molar refractivity (Wildman–Crippen MR) is 44.9 cm³/mol. The zero-order valence-electron chi connectivity index (χ0n) is 8.35. The van der Waals surface area contributed by atoms with Crippen LogP contribution < -0.4 is 0 Å². The summed E-state index contributed by atoms with van der Waals surface area (Å²) in [5.41, 5.74) is 0. The molecule has 1 fully saturated rings. The number of hydrogen-bond acceptors (Lipinski definition) is 2. The van der Waals surface area contributed by atoms with E-state index in [2.05, 4.69) is 0 Å². The van der Waals surface area contributed by atoms with Crippen molar-refractivity contribution in [1.82, 2.24) is 0 Å². The number of halogens is 12. The van der Waals surface area contributed by atoms with Crippen molar-refractivity contribution in [3.8, 4) is 0 Å². The minimum atomic E-state index is -6.33. The van der Waals surface area contributed by atoms with Gasteiger partial charge in [0.2, 0.25) is 0 Å². The Morgan fingerprint density at radius 3 is 0.650 bits per heavy atom. The minimum absolute atomic E-state index is 2.24. The van der Waals surface area contributed by atoms with Crippen molar-refractivity contribution < 1.29 is 52.7 Å². The van der Waals surface area contributed by atoms with Gasteiger partial charge in [0.05, 0.1) is 0 Å². The normalized spacial score (nSPS) is 23.4. The molecule has 0 atom stereocenters. The molecular weight excluding hydrogens is 364 g/mol. The number of alkyl halides is 12. The molecule has 0 aliphatic carbocycles. The van der Waals surface area contributed by atoms with Gasteiger partial charge in [0, 0.05) is 0 Å². The highest BCUT2D eigenvalue weighted by Gasteiger charge is 2.92. The zero-order chi connectivity index (χ0) is 16.4. The first-order valence-corrected chi connectivity index (χ1v) is 5.72. The lowest BCUT2D eigenvalue weighted by Gasteiger charge is -2.54. The van der Waals surface area contributed by atoms with Crippen molar-refractivity contribution in [3.05, 3.63) is 0 Å². The Morgan fingerprint density at radius 2 is 0.550 bits per heavy atom. The van der Waals surface area contributed by atoms with E-state index in [0.29, 0.717) is 0 Å². The van der Waals surface area contributed by atoms with E-state index in [1.165, 1.54) is 0 Å². The number of rotatable bonds is 0. The molecule has 14 heteroatoms. The lowest BCUT2D eigenvalue weighted by atomic mass is 10.3. The first kappa shape index (κ1) is 17.9. The number of thioether (sulfide) groups is 2. The van der Waals surface area contributed by atoms with Gasteiger partial charge in [0.15, 0.2) is 0 Å². The van der Waals surface area contributed by atoms with E-state index in [4.69, 9.17) is 0 Å². The lowest BCUT2D eigenvalue weighted by molar-refractivity contribution is -0.259. The van der Waals surface area contributed by atoms with Crippen LogP contribution in [0.2, 0.25) is 0 Å². The van der Waals surface area contributed by atoms with E-state index >= 15 is 0 Å². The van der Waals surface area contributed by atoms with Crippen LogP contribution in [0.5, 0.6) is 0 Å². The van der Waals surface area contributed by atoms with Gasteiger partial charge in [-0.3, -0.25) is 0 Å². The fourth-order valence-corrected chi connectivity index (χ4v) is 4.20. The first-order valence-electron chi connectivity index (χ1n) is 4.08. The van der Waals surface area contributed by atoms with Crippen molar-refractivity contribution in [2.45, 2.75) is 32.9 Å². The molecule has 0 aromatic rings. The number of hydrogen-bond donors (Lipinski definition) is 0. The molecule has 0 radical (unpaired) electrons. The van der Waals surface area contributed by atoms with E-state index in [1.807, 2.05) is 0 Å². The summed E-state index contributed by atoms with van der Waals surface area (Å²) >= 11 is -4.48. The molecule has 0 nitrogen and oxygen atoms in total. The van der Waals surface area contributed by atoms with E-state index in [1.54, 1.807) is 0 Å². The highest BCUT2D eigenvalue weighted by molar-refractivity contribution is 8.36. The molecule has 0 aromatic heterocycles. The Hall–Kier alpha value is -0.140. The molecule has 1 rings (SSSR count). The SMILES string of the molecule is FC(F)(F)C1(C(F)(F)F)SC(C(F)(F)F)(C(F)(F)F)S1. The molecule has 1 aliphatic heterocycles. The molecule has 0 bridgehead atoms. The van der Waals surface area contributed by atoms with Gasteiger partial charge in [-0.05, 0) is 0 Å². The van der Waals surface area contributed by atoms with Crippen molar-refractivity contribution in [2.75, 3.05) is 0 Å². The second-order valence-corrected chi connectivity index (χ2v) is 6.80. The average molecular weight is 364 g/mol. The standard InChI is InChI=1S/C6F12S2/c7-3(8,9)1(4(10,11)12)19-2(20-1,5(13,14)15)6(16,17)18. The van der Waals surface area contributed by atoms with Crippen LogP contribution in [0, 0.1) is 0 Å². The molecule has 0 unspecified atom stereocenters. The second kappa shape index (κ2) is 4.20. The maximum Gasteiger partial charge on any atom is 0.421 e. The van der Waals surface area contributed by atoms with E-state index in [9.17, 15) is 52.7 Å². The minimum Gasteiger partial charge on any atom is -0.168 e. The zero-order valence-corrected chi connectivity index (χ0v) is 9.99. The lowest BCUT2D eigenvalue weighted by Crippen LogP contribution is -2.70. The Balaban J connectivity index is 3.33. The van der Waals surface area contributed by atoms with Crippen LogP contribution in [0.15, 0.2) is 0 Å². The molecule has 20 heavy (non-hydrogen) atoms. The van der Waals surface area contributed by atoms with E-state index in [-0.39, 0.29) is 0 Å². The van der Waals surface area contributed by atoms with Gasteiger partial charge >= 0.3 is 24.7 Å². The van der Waals surface area contributed by atoms with Crippen LogP contribution in [-0.4, -0.2) is 32.9 Å². The third kappa shape index (κ3) is 2.22. The molecule has 120 valence electrons. The fraction of sp³-hybridized carbons (Fsp3) is 1.00. The molecule has 1 heterocycles. The van der Waals surface area contributed by atoms with Crippen LogP contribution in [-0.2, 0) is 0 Å². The highest BCUT2D eigenvalue weighted by atomic mass is 32.3. The van der Waals surface area contributed by atoms with Gasteiger partial charge < -0.3 is 0 Å². The average Bonchev–Trinajstić information content (AvgIpc) is 1.87. The summed E-state index contributed by atoms with van der Waals surface area (Å²) in [5.74, 6) is 0. The molecule has 0 aromatic carbocycles. The van der Waals surface area contributed by atoms with Crippen molar-refractivity contribution in [1.29, 1.82) is 0 Å². The summed E-state index contributed by atoms with van der Waals surface area (Å²) in [5, 5.41) is 0. The Bertz CT molecular complexity index is 309. The predicted octanol–water partition coefficient (Wildman–Crippen LogP) is 5.11. The molecule has 0 spiro atoms. The second-order valence-electron chi connectivity index (χ2n) is 3.43. The smallest absolute Gasteiger partial charge is 0.168 e. The van der Waals surface area contributed by atoms with Crippen LogP contribution in [0.1, 0.15) is 0 Å². The highest BCUT2D eigenvalue weighted by Crippen LogP contribution is 2.81. The third-order valence-electron chi connectivity index (χ3n) is 2.07. The van der Waals surface area contributed by atoms with Gasteiger partial charge in [0.1, 0.15) is 0 Å². The van der Waals surface area contributed by atoms with Gasteiger partial charge in [-0.15, -0.1) is 0 Å². The third-order valence-corrected chi connectivity index (χ3v) is 6.07. The quantitative estimate of drug-likeness (QED) is 0.548. The Kier molecular flexibility index (Phi) is 3.76. The molecular formula is C6F12S2. The van der Waals surface area contributed by atoms with Crippen molar-refractivity contribution in [2.24, 2.45) is 0 Å². The van der Waals surface area contributed by atoms with E-state index in [0.717, 1.165) is 0 Å². The maximum atomic E-state index is 12.3. The molecule has 0 saturated carbocycles. The fourth-order valence-electron chi connectivity index (χ4n) is 1.20. The van der Waals surface area contributed by atoms with Gasteiger partial charge in [-0.2, -0.15) is 52.7 Å². The topological polar surface area (TPSA) is 0 Å². The van der Waals surface area contributed by atoms with Gasteiger partial charge in [-0.25, -0.2) is 0 Å². The largest absolute Gasteiger partial charge is 0.421 e. The molecule has 1 saturated heterocycles. The van der Waals surface area contributed by atoms with Crippen molar-refractivity contribution >= 4 is 23.5 Å². The molecule has 0 amide bonds. The molecule has 1 aliphatic rings. The van der Waals surface area contributed by atoms with E-state index < -0.39 is 56.4 Å². The summed E-state index contributed by atoms with van der Waals surface area (Å²) in [6, 6.07) is 0. The van der Waals surface area contributed by atoms with Crippen LogP contribution in [0.4, 0.5) is 52.7 Å². The van der Waals surface area contributed by atoms with Crippen LogP contribution >= 0.6 is 23.5 Å². The first-order chi connectivity index (χ1) is 8.41. The summed E-state index contributed by atoms with van der Waals surface area (Å²) < 4.78 is 137. The maximum absolute atomic E-state index is 12.3. The Morgan fingerprint density at radius 1 is 0.400 bits per heavy atom. The Labute approximate surface area is 110 Å². The van der Waals surface area contributed by atoms with Crippen molar-refractivity contribution in [3.63, 3.8) is 0 Å². The summed E-state index contributed by atoms with van der Waals surface area (Å²) in [6.45, 7) is 0. The molecule has 0 N–H and O–H groups in total. The summed E-state index contributed by atoms with van der Waals surface area (Å²) in [6.07, 6.45) is -25.3. The van der Waals surface area contributed by atoms with Gasteiger partial charge in [-0.1, -0.05) is 23.5 Å².